The number of rotatable bonds is 8. The molecule has 156 valence electrons. The van der Waals surface area contributed by atoms with E-state index in [2.05, 4.69) is 26.0 Å². The second-order valence-corrected chi connectivity index (χ2v) is 10.1. The molecule has 0 aromatic carbocycles. The first-order valence-electron chi connectivity index (χ1n) is 12.5. The molecule has 0 unspecified atom stereocenters. The van der Waals surface area contributed by atoms with E-state index >= 15 is 0 Å². The molecule has 0 N–H and O–H groups in total. The molecule has 1 nitrogen and oxygen atoms in total. The van der Waals surface area contributed by atoms with Crippen molar-refractivity contribution in [2.75, 3.05) is 6.61 Å². The predicted octanol–water partition coefficient (Wildman–Crippen LogP) is 7.94. The highest BCUT2D eigenvalue weighted by molar-refractivity contribution is 4.90. The molecule has 0 spiro atoms. The first kappa shape index (κ1) is 21.4. The van der Waals surface area contributed by atoms with Crippen LogP contribution in [0.15, 0.2) is 12.2 Å². The summed E-state index contributed by atoms with van der Waals surface area (Å²) in [4.78, 5) is 0. The van der Waals surface area contributed by atoms with Gasteiger partial charge in [-0.05, 0) is 114 Å². The highest BCUT2D eigenvalue weighted by Crippen LogP contribution is 2.42. The molecule has 0 aromatic heterocycles. The third kappa shape index (κ3) is 6.91. The van der Waals surface area contributed by atoms with Gasteiger partial charge in [0.25, 0.3) is 0 Å². The molecule has 3 aliphatic carbocycles. The lowest BCUT2D eigenvalue weighted by atomic mass is 9.69. The molecular formula is C26H46O. The molecule has 3 rings (SSSR count). The maximum Gasteiger partial charge on any atom is 0.0575 e. The van der Waals surface area contributed by atoms with Gasteiger partial charge in [0, 0.05) is 6.61 Å². The van der Waals surface area contributed by atoms with E-state index in [4.69, 9.17) is 4.74 Å². The van der Waals surface area contributed by atoms with E-state index < -0.39 is 0 Å². The first-order chi connectivity index (χ1) is 13.3. The zero-order chi connectivity index (χ0) is 18.9. The standard InChI is InChI=1S/C26H46O/c1-3-5-7-22-12-18-26(19-13-22)27-20-23-10-16-25(17-11-23)24-14-8-21(6-4-2)9-15-24/h4,6,21-26H,3,5,7-20H2,1-2H3/b6-4-. The highest BCUT2D eigenvalue weighted by Gasteiger charge is 2.31. The van der Waals surface area contributed by atoms with E-state index in [-0.39, 0.29) is 0 Å². The topological polar surface area (TPSA) is 9.23 Å². The quantitative estimate of drug-likeness (QED) is 0.392. The fraction of sp³-hybridized carbons (Fsp3) is 0.923. The minimum Gasteiger partial charge on any atom is -0.378 e. The molecule has 0 radical (unpaired) electrons. The number of ether oxygens (including phenoxy) is 1. The van der Waals surface area contributed by atoms with Crippen LogP contribution in [0.3, 0.4) is 0 Å². The average Bonchev–Trinajstić information content (AvgIpc) is 2.73. The first-order valence-corrected chi connectivity index (χ1v) is 12.5. The van der Waals surface area contributed by atoms with Gasteiger partial charge in [0.05, 0.1) is 6.10 Å². The number of hydrogen-bond acceptors (Lipinski definition) is 1. The van der Waals surface area contributed by atoms with E-state index in [1.54, 1.807) is 0 Å². The van der Waals surface area contributed by atoms with Gasteiger partial charge in [-0.3, -0.25) is 0 Å². The van der Waals surface area contributed by atoms with Crippen molar-refractivity contribution in [3.63, 3.8) is 0 Å². The minimum absolute atomic E-state index is 0.586. The van der Waals surface area contributed by atoms with Crippen LogP contribution in [0.1, 0.15) is 110 Å². The second-order valence-electron chi connectivity index (χ2n) is 10.1. The SMILES string of the molecule is C/C=C\C1CCC(C2CCC(COC3CCC(CCCC)CC3)CC2)CC1. The smallest absolute Gasteiger partial charge is 0.0575 e. The summed E-state index contributed by atoms with van der Waals surface area (Å²) in [6.07, 6.45) is 26.7. The van der Waals surface area contributed by atoms with Crippen molar-refractivity contribution in [2.45, 2.75) is 116 Å². The third-order valence-electron chi connectivity index (χ3n) is 8.17. The van der Waals surface area contributed by atoms with E-state index in [0.717, 1.165) is 36.2 Å². The molecule has 0 amide bonds. The molecule has 0 aromatic rings. The number of unbranched alkanes of at least 4 members (excludes halogenated alkanes) is 1. The second kappa shape index (κ2) is 11.6. The largest absolute Gasteiger partial charge is 0.378 e. The van der Waals surface area contributed by atoms with Crippen molar-refractivity contribution >= 4 is 0 Å². The molecular weight excluding hydrogens is 328 g/mol. The van der Waals surface area contributed by atoms with Gasteiger partial charge in [-0.2, -0.15) is 0 Å². The third-order valence-corrected chi connectivity index (χ3v) is 8.17. The Hall–Kier alpha value is -0.300. The van der Waals surface area contributed by atoms with Crippen LogP contribution in [0.5, 0.6) is 0 Å². The lowest BCUT2D eigenvalue weighted by Crippen LogP contribution is -2.29. The summed E-state index contributed by atoms with van der Waals surface area (Å²) < 4.78 is 6.39. The molecule has 0 saturated heterocycles. The van der Waals surface area contributed by atoms with Crippen LogP contribution in [-0.2, 0) is 4.74 Å². The van der Waals surface area contributed by atoms with Crippen LogP contribution in [0.4, 0.5) is 0 Å². The average molecular weight is 375 g/mol. The lowest BCUT2D eigenvalue weighted by Gasteiger charge is -2.38. The maximum atomic E-state index is 6.39. The Balaban J connectivity index is 1.27. The molecule has 3 saturated carbocycles. The molecule has 0 atom stereocenters. The molecule has 3 fully saturated rings. The van der Waals surface area contributed by atoms with Gasteiger partial charge in [0.15, 0.2) is 0 Å². The van der Waals surface area contributed by atoms with Gasteiger partial charge < -0.3 is 4.74 Å². The Morgan fingerprint density at radius 1 is 0.741 bits per heavy atom. The Labute approximate surface area is 169 Å². The Morgan fingerprint density at radius 2 is 1.33 bits per heavy atom. The van der Waals surface area contributed by atoms with Crippen molar-refractivity contribution in [3.05, 3.63) is 12.2 Å². The van der Waals surface area contributed by atoms with Gasteiger partial charge in [-0.25, -0.2) is 0 Å². The van der Waals surface area contributed by atoms with Crippen molar-refractivity contribution in [1.82, 2.24) is 0 Å². The number of allylic oxidation sites excluding steroid dienone is 2. The Kier molecular flexibility index (Phi) is 9.23. The van der Waals surface area contributed by atoms with Gasteiger partial charge in [-0.15, -0.1) is 0 Å². The van der Waals surface area contributed by atoms with Crippen molar-refractivity contribution < 1.29 is 4.74 Å². The van der Waals surface area contributed by atoms with Gasteiger partial charge >= 0.3 is 0 Å². The van der Waals surface area contributed by atoms with Crippen LogP contribution < -0.4 is 0 Å². The van der Waals surface area contributed by atoms with Crippen molar-refractivity contribution in [2.24, 2.45) is 29.6 Å². The highest BCUT2D eigenvalue weighted by atomic mass is 16.5. The maximum absolute atomic E-state index is 6.39. The van der Waals surface area contributed by atoms with Crippen LogP contribution in [0, 0.1) is 29.6 Å². The van der Waals surface area contributed by atoms with Crippen molar-refractivity contribution in [3.8, 4) is 0 Å². The van der Waals surface area contributed by atoms with Gasteiger partial charge in [-0.1, -0.05) is 38.3 Å². The molecule has 3 aliphatic rings. The summed E-state index contributed by atoms with van der Waals surface area (Å²) in [5, 5.41) is 0. The zero-order valence-electron chi connectivity index (χ0n) is 18.3. The molecule has 1 heteroatoms. The summed E-state index contributed by atoms with van der Waals surface area (Å²) in [5.41, 5.74) is 0. The predicted molar refractivity (Wildman–Crippen MR) is 117 cm³/mol. The van der Waals surface area contributed by atoms with Crippen LogP contribution in [-0.4, -0.2) is 12.7 Å². The fourth-order valence-corrected chi connectivity index (χ4v) is 6.26. The summed E-state index contributed by atoms with van der Waals surface area (Å²) in [6, 6.07) is 0. The van der Waals surface area contributed by atoms with Crippen LogP contribution in [0.2, 0.25) is 0 Å². The van der Waals surface area contributed by atoms with Crippen molar-refractivity contribution in [1.29, 1.82) is 0 Å². The summed E-state index contributed by atoms with van der Waals surface area (Å²) >= 11 is 0. The monoisotopic (exact) mass is 374 g/mol. The van der Waals surface area contributed by atoms with Gasteiger partial charge in [0.1, 0.15) is 0 Å². The molecule has 27 heavy (non-hydrogen) atoms. The zero-order valence-corrected chi connectivity index (χ0v) is 18.3. The summed E-state index contributed by atoms with van der Waals surface area (Å²) in [6.45, 7) is 5.55. The normalized spacial score (nSPS) is 38.3. The molecule has 0 bridgehead atoms. The van der Waals surface area contributed by atoms with E-state index in [0.29, 0.717) is 6.10 Å². The Morgan fingerprint density at radius 3 is 1.93 bits per heavy atom. The van der Waals surface area contributed by atoms with E-state index in [9.17, 15) is 0 Å². The van der Waals surface area contributed by atoms with E-state index in [1.165, 1.54) is 96.3 Å². The van der Waals surface area contributed by atoms with Crippen LogP contribution >= 0.6 is 0 Å². The lowest BCUT2D eigenvalue weighted by molar-refractivity contribution is -0.0128. The molecule has 0 heterocycles. The summed E-state index contributed by atoms with van der Waals surface area (Å²) in [5.74, 6) is 4.81. The van der Waals surface area contributed by atoms with Gasteiger partial charge in [0.2, 0.25) is 0 Å². The number of hydrogen-bond donors (Lipinski definition) is 0. The summed E-state index contributed by atoms with van der Waals surface area (Å²) in [7, 11) is 0. The minimum atomic E-state index is 0.586. The molecule has 0 aliphatic heterocycles. The van der Waals surface area contributed by atoms with E-state index in [1.807, 2.05) is 0 Å². The van der Waals surface area contributed by atoms with Crippen LogP contribution in [0.25, 0.3) is 0 Å². The Bertz CT molecular complexity index is 404. The fourth-order valence-electron chi connectivity index (χ4n) is 6.26.